The third kappa shape index (κ3) is 3.96. The molecule has 3 rings (SSSR count). The van der Waals surface area contributed by atoms with Crippen LogP contribution in [0.5, 0.6) is 0 Å². The lowest BCUT2D eigenvalue weighted by Gasteiger charge is -2.33. The van der Waals surface area contributed by atoms with Gasteiger partial charge in [-0.1, -0.05) is 18.2 Å². The number of hydrogen-bond donors (Lipinski definition) is 1. The first kappa shape index (κ1) is 19.7. The molecule has 2 aliphatic rings. The maximum absolute atomic E-state index is 14.3. The Morgan fingerprint density at radius 2 is 1.84 bits per heavy atom. The maximum Gasteiger partial charge on any atom is 0.241 e. The minimum absolute atomic E-state index is 0. The van der Waals surface area contributed by atoms with Crippen molar-refractivity contribution in [2.75, 3.05) is 26.7 Å². The Labute approximate surface area is 154 Å². The molecular formula is C18H25ClFN3O2. The second-order valence-electron chi connectivity index (χ2n) is 6.47. The first-order chi connectivity index (χ1) is 11.6. The van der Waals surface area contributed by atoms with E-state index < -0.39 is 11.9 Å². The van der Waals surface area contributed by atoms with Crippen LogP contribution in [0, 0.1) is 5.82 Å². The fourth-order valence-electron chi connectivity index (χ4n) is 3.82. The maximum atomic E-state index is 14.3. The van der Waals surface area contributed by atoms with Gasteiger partial charge in [-0.3, -0.25) is 14.5 Å². The van der Waals surface area contributed by atoms with Crippen LogP contribution in [0.4, 0.5) is 4.39 Å². The molecule has 2 fully saturated rings. The van der Waals surface area contributed by atoms with Crippen LogP contribution in [0.15, 0.2) is 24.3 Å². The van der Waals surface area contributed by atoms with Crippen molar-refractivity contribution in [1.29, 1.82) is 0 Å². The van der Waals surface area contributed by atoms with E-state index in [2.05, 4.69) is 5.32 Å². The van der Waals surface area contributed by atoms with Gasteiger partial charge in [0, 0.05) is 32.2 Å². The summed E-state index contributed by atoms with van der Waals surface area (Å²) in [7, 11) is 1.55. The van der Waals surface area contributed by atoms with E-state index in [0.717, 1.165) is 38.8 Å². The number of nitrogens with one attached hydrogen (secondary N) is 1. The van der Waals surface area contributed by atoms with Gasteiger partial charge in [-0.15, -0.1) is 12.4 Å². The first-order valence-corrected chi connectivity index (χ1v) is 8.64. The zero-order valence-electron chi connectivity index (χ0n) is 14.4. The predicted molar refractivity (Wildman–Crippen MR) is 96.0 cm³/mol. The van der Waals surface area contributed by atoms with Gasteiger partial charge in [0.25, 0.3) is 0 Å². The van der Waals surface area contributed by atoms with E-state index in [0.29, 0.717) is 12.1 Å². The van der Waals surface area contributed by atoms with Gasteiger partial charge >= 0.3 is 0 Å². The standard InChI is InChI=1S/C18H24FN3O2.ClH/c1-20-17(23)16(13-7-2-3-8-14(13)19)22-12-6-9-15(22)18(24)21-10-4-5-11-21;/h2-3,7-8,15-16H,4-6,9-12H2,1H3,(H,20,23);1H/t15-,16+;/m0./s1. The summed E-state index contributed by atoms with van der Waals surface area (Å²) in [6.07, 6.45) is 3.62. The van der Waals surface area contributed by atoms with Gasteiger partial charge in [-0.2, -0.15) is 0 Å². The molecule has 5 nitrogen and oxygen atoms in total. The third-order valence-electron chi connectivity index (χ3n) is 5.02. The van der Waals surface area contributed by atoms with Crippen molar-refractivity contribution in [3.63, 3.8) is 0 Å². The molecule has 0 radical (unpaired) electrons. The molecule has 138 valence electrons. The Hall–Kier alpha value is -1.66. The van der Waals surface area contributed by atoms with Crippen LogP contribution >= 0.6 is 12.4 Å². The van der Waals surface area contributed by atoms with E-state index >= 15 is 0 Å². The molecule has 0 unspecified atom stereocenters. The Bertz CT molecular complexity index is 622. The van der Waals surface area contributed by atoms with Crippen LogP contribution in [-0.2, 0) is 9.59 Å². The monoisotopic (exact) mass is 369 g/mol. The van der Waals surface area contributed by atoms with Gasteiger partial charge in [0.05, 0.1) is 6.04 Å². The van der Waals surface area contributed by atoms with Gasteiger partial charge in [-0.05, 0) is 31.7 Å². The fourth-order valence-corrected chi connectivity index (χ4v) is 3.82. The summed E-state index contributed by atoms with van der Waals surface area (Å²) in [6.45, 7) is 2.19. The van der Waals surface area contributed by atoms with Gasteiger partial charge < -0.3 is 10.2 Å². The number of halogens is 2. The Balaban J connectivity index is 0.00000225. The van der Waals surface area contributed by atoms with Crippen LogP contribution in [0.1, 0.15) is 37.3 Å². The van der Waals surface area contributed by atoms with Crippen LogP contribution in [-0.4, -0.2) is 54.3 Å². The van der Waals surface area contributed by atoms with Crippen molar-refractivity contribution in [3.05, 3.63) is 35.6 Å². The molecule has 0 saturated carbocycles. The molecule has 2 saturated heterocycles. The molecule has 1 aromatic carbocycles. The molecule has 0 aromatic heterocycles. The Morgan fingerprint density at radius 3 is 2.48 bits per heavy atom. The highest BCUT2D eigenvalue weighted by atomic mass is 35.5. The number of likely N-dealkylation sites (N-methyl/N-ethyl adjacent to an activating group) is 1. The van der Waals surface area contributed by atoms with Crippen molar-refractivity contribution < 1.29 is 14.0 Å². The van der Waals surface area contributed by atoms with Crippen LogP contribution in [0.3, 0.4) is 0 Å². The second kappa shape index (κ2) is 8.63. The third-order valence-corrected chi connectivity index (χ3v) is 5.02. The normalized spacial score (nSPS) is 21.7. The number of carbonyl (C=O) groups is 2. The minimum Gasteiger partial charge on any atom is -0.358 e. The Morgan fingerprint density at radius 1 is 1.16 bits per heavy atom. The lowest BCUT2D eigenvalue weighted by molar-refractivity contribution is -0.137. The summed E-state index contributed by atoms with van der Waals surface area (Å²) >= 11 is 0. The number of benzene rings is 1. The summed E-state index contributed by atoms with van der Waals surface area (Å²) in [4.78, 5) is 29.1. The average Bonchev–Trinajstić information content (AvgIpc) is 3.28. The molecule has 7 heteroatoms. The Kier molecular flexibility index (Phi) is 6.79. The van der Waals surface area contributed by atoms with Crippen molar-refractivity contribution in [2.45, 2.75) is 37.8 Å². The molecule has 2 heterocycles. The number of likely N-dealkylation sites (tertiary alicyclic amines) is 2. The summed E-state index contributed by atoms with van der Waals surface area (Å²) < 4.78 is 14.3. The quantitative estimate of drug-likeness (QED) is 0.884. The van der Waals surface area contributed by atoms with Crippen LogP contribution in [0.25, 0.3) is 0 Å². The fraction of sp³-hybridized carbons (Fsp3) is 0.556. The lowest BCUT2D eigenvalue weighted by atomic mass is 10.0. The number of nitrogens with zero attached hydrogens (tertiary/aromatic N) is 2. The highest BCUT2D eigenvalue weighted by molar-refractivity contribution is 5.86. The van der Waals surface area contributed by atoms with Gasteiger partial charge in [0.2, 0.25) is 11.8 Å². The van der Waals surface area contributed by atoms with Crippen molar-refractivity contribution in [1.82, 2.24) is 15.1 Å². The average molecular weight is 370 g/mol. The largest absolute Gasteiger partial charge is 0.358 e. The summed E-state index contributed by atoms with van der Waals surface area (Å²) in [5.74, 6) is -0.609. The van der Waals surface area contributed by atoms with Crippen molar-refractivity contribution in [2.24, 2.45) is 0 Å². The number of amides is 2. The molecule has 2 atom stereocenters. The zero-order valence-corrected chi connectivity index (χ0v) is 15.2. The summed E-state index contributed by atoms with van der Waals surface area (Å²) in [6, 6.07) is 5.21. The van der Waals surface area contributed by atoms with Gasteiger partial charge in [-0.25, -0.2) is 4.39 Å². The number of carbonyl (C=O) groups excluding carboxylic acids is 2. The smallest absolute Gasteiger partial charge is 0.241 e. The van der Waals surface area contributed by atoms with E-state index in [1.165, 1.54) is 6.07 Å². The highest BCUT2D eigenvalue weighted by Gasteiger charge is 2.41. The minimum atomic E-state index is -0.768. The molecule has 1 aromatic rings. The topological polar surface area (TPSA) is 52.7 Å². The number of rotatable bonds is 4. The molecule has 0 bridgehead atoms. The molecular weight excluding hydrogens is 345 g/mol. The van der Waals surface area contributed by atoms with Crippen molar-refractivity contribution >= 4 is 24.2 Å². The van der Waals surface area contributed by atoms with E-state index in [1.54, 1.807) is 25.2 Å². The summed E-state index contributed by atoms with van der Waals surface area (Å²) in [5, 5.41) is 2.62. The SMILES string of the molecule is CNC(=O)[C@@H](c1ccccc1F)N1CCC[C@H]1C(=O)N1CCCC1.Cl. The van der Waals surface area contributed by atoms with Crippen LogP contribution < -0.4 is 5.32 Å². The van der Waals surface area contributed by atoms with E-state index in [1.807, 2.05) is 9.80 Å². The predicted octanol–water partition coefficient (Wildman–Crippen LogP) is 2.12. The first-order valence-electron chi connectivity index (χ1n) is 8.64. The molecule has 1 N–H and O–H groups in total. The molecule has 25 heavy (non-hydrogen) atoms. The highest BCUT2D eigenvalue weighted by Crippen LogP contribution is 2.32. The van der Waals surface area contributed by atoms with E-state index in [4.69, 9.17) is 0 Å². The van der Waals surface area contributed by atoms with Crippen LogP contribution in [0.2, 0.25) is 0 Å². The second-order valence-corrected chi connectivity index (χ2v) is 6.47. The molecule has 0 aliphatic carbocycles. The molecule has 0 spiro atoms. The van der Waals surface area contributed by atoms with E-state index in [9.17, 15) is 14.0 Å². The summed E-state index contributed by atoms with van der Waals surface area (Å²) in [5.41, 5.74) is 0.331. The van der Waals surface area contributed by atoms with Crippen molar-refractivity contribution in [3.8, 4) is 0 Å². The zero-order chi connectivity index (χ0) is 17.1. The lowest BCUT2D eigenvalue weighted by Crippen LogP contribution is -2.49. The number of hydrogen-bond acceptors (Lipinski definition) is 3. The van der Waals surface area contributed by atoms with Gasteiger partial charge in [0.15, 0.2) is 0 Å². The van der Waals surface area contributed by atoms with Gasteiger partial charge in [0.1, 0.15) is 11.9 Å². The molecule has 2 aliphatic heterocycles. The van der Waals surface area contributed by atoms with E-state index in [-0.39, 0.29) is 30.3 Å². The molecule has 2 amide bonds.